The number of amides is 3. The second-order valence-electron chi connectivity index (χ2n) is 6.30. The minimum absolute atomic E-state index is 0.0414. The maximum Gasteiger partial charge on any atom is 0.316 e. The fourth-order valence-electron chi connectivity index (χ4n) is 3.81. The number of carboxylic acids is 1. The van der Waals surface area contributed by atoms with Gasteiger partial charge in [0.05, 0.1) is 5.41 Å². The van der Waals surface area contributed by atoms with Crippen LogP contribution < -0.4 is 11.1 Å². The fraction of sp³-hybridized carbons (Fsp3) is 0.438. The molecule has 0 unspecified atom stereocenters. The largest absolute Gasteiger partial charge is 0.481 e. The molecule has 7 nitrogen and oxygen atoms in total. The number of anilines is 1. The molecule has 1 saturated heterocycles. The number of primary amides is 1. The zero-order chi connectivity index (χ0) is 16.6. The summed E-state index contributed by atoms with van der Waals surface area (Å²) in [6.07, 6.45) is 2.41. The number of likely N-dealkylation sites (tertiary alicyclic amines) is 1. The van der Waals surface area contributed by atoms with E-state index in [1.165, 1.54) is 0 Å². The Morgan fingerprint density at radius 3 is 2.52 bits per heavy atom. The van der Waals surface area contributed by atoms with Crippen LogP contribution in [-0.2, 0) is 4.79 Å². The molecule has 23 heavy (non-hydrogen) atoms. The molecule has 122 valence electrons. The number of hydrogen-bond acceptors (Lipinski definition) is 3. The molecule has 3 rings (SSSR count). The molecule has 3 amide bonds. The van der Waals surface area contributed by atoms with Crippen LogP contribution in [-0.4, -0.2) is 41.0 Å². The minimum Gasteiger partial charge on any atom is -0.481 e. The molecular formula is C16H19N3O4. The number of benzene rings is 1. The summed E-state index contributed by atoms with van der Waals surface area (Å²) in [6, 6.07) is 5.74. The van der Waals surface area contributed by atoms with Gasteiger partial charge < -0.3 is 21.1 Å². The standard InChI is InChI=1S/C16H19N3O4/c17-15(23)18-12-5-3-10(4-6-12)13(20)19-8-11-2-1-7-16(11,9-19)14(21)22/h3-6,11H,1-2,7-9H2,(H,21,22)(H3,17,18,23)/t11-,16+/m0/s1. The van der Waals surface area contributed by atoms with Gasteiger partial charge in [-0.05, 0) is 43.0 Å². The molecule has 0 radical (unpaired) electrons. The second-order valence-corrected chi connectivity index (χ2v) is 6.30. The van der Waals surface area contributed by atoms with Gasteiger partial charge in [0.1, 0.15) is 0 Å². The SMILES string of the molecule is NC(=O)Nc1ccc(C(=O)N2C[C@@H]3CCC[C@@]3(C(=O)O)C2)cc1. The van der Waals surface area contributed by atoms with Crippen molar-refractivity contribution in [1.82, 2.24) is 4.90 Å². The van der Waals surface area contributed by atoms with E-state index in [9.17, 15) is 19.5 Å². The summed E-state index contributed by atoms with van der Waals surface area (Å²) in [4.78, 5) is 36.7. The van der Waals surface area contributed by atoms with Crippen molar-refractivity contribution in [2.45, 2.75) is 19.3 Å². The first kappa shape index (κ1) is 15.3. The minimum atomic E-state index is -0.795. The number of hydrogen-bond donors (Lipinski definition) is 3. The van der Waals surface area contributed by atoms with Gasteiger partial charge in [0.25, 0.3) is 5.91 Å². The normalized spacial score (nSPS) is 25.9. The first-order valence-corrected chi connectivity index (χ1v) is 7.61. The average molecular weight is 317 g/mol. The van der Waals surface area contributed by atoms with E-state index >= 15 is 0 Å². The van der Waals surface area contributed by atoms with Crippen molar-refractivity contribution in [3.05, 3.63) is 29.8 Å². The van der Waals surface area contributed by atoms with Gasteiger partial charge in [-0.1, -0.05) is 6.42 Å². The molecule has 2 atom stereocenters. The molecule has 0 aromatic heterocycles. The Bertz CT molecular complexity index is 658. The van der Waals surface area contributed by atoms with Crippen molar-refractivity contribution in [1.29, 1.82) is 0 Å². The Morgan fingerprint density at radius 1 is 1.26 bits per heavy atom. The van der Waals surface area contributed by atoms with Gasteiger partial charge in [-0.2, -0.15) is 0 Å². The van der Waals surface area contributed by atoms with Gasteiger partial charge in [0.2, 0.25) is 0 Å². The number of urea groups is 1. The fourth-order valence-corrected chi connectivity index (χ4v) is 3.81. The predicted molar refractivity (Wildman–Crippen MR) is 83.0 cm³/mol. The van der Waals surface area contributed by atoms with Crippen molar-refractivity contribution < 1.29 is 19.5 Å². The van der Waals surface area contributed by atoms with Crippen LogP contribution in [0.4, 0.5) is 10.5 Å². The molecule has 2 aliphatic rings. The molecule has 1 aromatic carbocycles. The molecule has 1 saturated carbocycles. The highest BCUT2D eigenvalue weighted by Gasteiger charge is 2.55. The van der Waals surface area contributed by atoms with Crippen LogP contribution in [0.3, 0.4) is 0 Å². The molecule has 1 aliphatic heterocycles. The molecule has 1 heterocycles. The van der Waals surface area contributed by atoms with E-state index < -0.39 is 17.4 Å². The van der Waals surface area contributed by atoms with E-state index in [0.717, 1.165) is 12.8 Å². The number of aliphatic carboxylic acids is 1. The highest BCUT2D eigenvalue weighted by molar-refractivity contribution is 5.96. The smallest absolute Gasteiger partial charge is 0.316 e. The van der Waals surface area contributed by atoms with Crippen LogP contribution in [0.2, 0.25) is 0 Å². The maximum atomic E-state index is 12.6. The van der Waals surface area contributed by atoms with Crippen LogP contribution in [0.25, 0.3) is 0 Å². The van der Waals surface area contributed by atoms with E-state index in [1.54, 1.807) is 29.2 Å². The number of nitrogens with zero attached hydrogens (tertiary/aromatic N) is 1. The van der Waals surface area contributed by atoms with Gasteiger partial charge in [0, 0.05) is 24.3 Å². The van der Waals surface area contributed by atoms with Crippen molar-refractivity contribution in [2.24, 2.45) is 17.1 Å². The molecule has 4 N–H and O–H groups in total. The molecule has 1 aromatic rings. The molecule has 0 spiro atoms. The Kier molecular flexibility index (Phi) is 3.71. The van der Waals surface area contributed by atoms with Crippen LogP contribution in [0, 0.1) is 11.3 Å². The summed E-state index contributed by atoms with van der Waals surface area (Å²) in [6.45, 7) is 0.763. The number of carbonyl (C=O) groups is 3. The van der Waals surface area contributed by atoms with Gasteiger partial charge in [-0.25, -0.2) is 4.79 Å². The number of nitrogens with one attached hydrogen (secondary N) is 1. The van der Waals surface area contributed by atoms with Gasteiger partial charge >= 0.3 is 12.0 Å². The summed E-state index contributed by atoms with van der Waals surface area (Å²) >= 11 is 0. The van der Waals surface area contributed by atoms with E-state index in [4.69, 9.17) is 5.73 Å². The number of carboxylic acid groups (broad SMARTS) is 1. The van der Waals surface area contributed by atoms with E-state index in [0.29, 0.717) is 24.2 Å². The first-order chi connectivity index (χ1) is 10.9. The quantitative estimate of drug-likeness (QED) is 0.784. The van der Waals surface area contributed by atoms with E-state index in [2.05, 4.69) is 5.32 Å². The predicted octanol–water partition coefficient (Wildman–Crippen LogP) is 1.50. The summed E-state index contributed by atoms with van der Waals surface area (Å²) in [5, 5.41) is 12.0. The monoisotopic (exact) mass is 317 g/mol. The summed E-state index contributed by atoms with van der Waals surface area (Å²) < 4.78 is 0. The number of fused-ring (bicyclic) bond motifs is 1. The van der Waals surface area contributed by atoms with Crippen molar-refractivity contribution in [3.8, 4) is 0 Å². The number of rotatable bonds is 3. The lowest BCUT2D eigenvalue weighted by atomic mass is 9.81. The van der Waals surface area contributed by atoms with Gasteiger partial charge in [-0.3, -0.25) is 9.59 Å². The topological polar surface area (TPSA) is 113 Å². The Labute approximate surface area is 133 Å². The lowest BCUT2D eigenvalue weighted by Gasteiger charge is -2.23. The zero-order valence-corrected chi connectivity index (χ0v) is 12.6. The Balaban J connectivity index is 1.74. The van der Waals surface area contributed by atoms with E-state index in [1.807, 2.05) is 0 Å². The first-order valence-electron chi connectivity index (χ1n) is 7.61. The number of carbonyl (C=O) groups excluding carboxylic acids is 2. The van der Waals surface area contributed by atoms with E-state index in [-0.39, 0.29) is 18.4 Å². The van der Waals surface area contributed by atoms with Crippen molar-refractivity contribution in [3.63, 3.8) is 0 Å². The summed E-state index contributed by atoms with van der Waals surface area (Å²) in [7, 11) is 0. The molecule has 7 heteroatoms. The number of nitrogens with two attached hydrogens (primary N) is 1. The Hall–Kier alpha value is -2.57. The lowest BCUT2D eigenvalue weighted by molar-refractivity contribution is -0.149. The molecule has 0 bridgehead atoms. The highest BCUT2D eigenvalue weighted by Crippen LogP contribution is 2.49. The zero-order valence-electron chi connectivity index (χ0n) is 12.6. The summed E-state index contributed by atoms with van der Waals surface area (Å²) in [5.41, 5.74) is 5.24. The third-order valence-corrected chi connectivity index (χ3v) is 4.98. The van der Waals surface area contributed by atoms with Crippen LogP contribution in [0.15, 0.2) is 24.3 Å². The third-order valence-electron chi connectivity index (χ3n) is 4.98. The molecule has 2 fully saturated rings. The van der Waals surface area contributed by atoms with Crippen LogP contribution >= 0.6 is 0 Å². The van der Waals surface area contributed by atoms with Crippen molar-refractivity contribution >= 4 is 23.6 Å². The van der Waals surface area contributed by atoms with Crippen molar-refractivity contribution in [2.75, 3.05) is 18.4 Å². The molecule has 1 aliphatic carbocycles. The van der Waals surface area contributed by atoms with Crippen LogP contribution in [0.5, 0.6) is 0 Å². The van der Waals surface area contributed by atoms with Crippen LogP contribution in [0.1, 0.15) is 29.6 Å². The molecular weight excluding hydrogens is 298 g/mol. The third kappa shape index (κ3) is 2.62. The highest BCUT2D eigenvalue weighted by atomic mass is 16.4. The Morgan fingerprint density at radius 2 is 1.96 bits per heavy atom. The maximum absolute atomic E-state index is 12.6. The van der Waals surface area contributed by atoms with Gasteiger partial charge in [-0.15, -0.1) is 0 Å². The average Bonchev–Trinajstić information content (AvgIpc) is 3.04. The second kappa shape index (κ2) is 5.57. The summed E-state index contributed by atoms with van der Waals surface area (Å²) in [5.74, 6) is -0.929. The van der Waals surface area contributed by atoms with Gasteiger partial charge in [0.15, 0.2) is 0 Å². The lowest BCUT2D eigenvalue weighted by Crippen LogP contribution is -2.37.